The summed E-state index contributed by atoms with van der Waals surface area (Å²) in [7, 11) is 0. The predicted molar refractivity (Wildman–Crippen MR) is 89.6 cm³/mol. The number of nitriles is 1. The molecule has 3 rings (SSSR count). The van der Waals surface area contributed by atoms with E-state index in [-0.39, 0.29) is 6.29 Å². The highest BCUT2D eigenvalue weighted by Crippen LogP contribution is 2.38. The molecule has 1 aromatic carbocycles. The van der Waals surface area contributed by atoms with Crippen LogP contribution in [-0.2, 0) is 9.47 Å². The molecular formula is C20H25NO2. The van der Waals surface area contributed by atoms with Gasteiger partial charge in [-0.15, -0.1) is 6.58 Å². The Bertz CT molecular complexity index is 544. The van der Waals surface area contributed by atoms with Crippen LogP contribution in [0.4, 0.5) is 0 Å². The molecule has 2 fully saturated rings. The minimum Gasteiger partial charge on any atom is -0.348 e. The number of ether oxygens (including phenoxy) is 2. The highest BCUT2D eigenvalue weighted by Gasteiger charge is 2.32. The first-order chi connectivity index (χ1) is 11.3. The molecule has 0 spiro atoms. The summed E-state index contributed by atoms with van der Waals surface area (Å²) in [5.74, 6) is 2.09. The summed E-state index contributed by atoms with van der Waals surface area (Å²) in [5.41, 5.74) is 1.66. The number of hydrogen-bond donors (Lipinski definition) is 0. The average Bonchev–Trinajstić information content (AvgIpc) is 2.63. The van der Waals surface area contributed by atoms with E-state index in [2.05, 4.69) is 18.7 Å². The lowest BCUT2D eigenvalue weighted by molar-refractivity contribution is -0.214. The van der Waals surface area contributed by atoms with E-state index in [1.807, 2.05) is 24.3 Å². The molecule has 0 atom stereocenters. The third-order valence-electron chi connectivity index (χ3n) is 5.29. The van der Waals surface area contributed by atoms with Gasteiger partial charge in [-0.2, -0.15) is 5.26 Å². The topological polar surface area (TPSA) is 42.2 Å². The molecule has 3 heteroatoms. The SMILES string of the molecule is C=CCC1CCC(C2COC(c3ccc(C#N)cc3)OC2)CC1. The van der Waals surface area contributed by atoms with Crippen molar-refractivity contribution in [3.05, 3.63) is 48.0 Å². The van der Waals surface area contributed by atoms with E-state index in [9.17, 15) is 0 Å². The van der Waals surface area contributed by atoms with Crippen LogP contribution >= 0.6 is 0 Å². The summed E-state index contributed by atoms with van der Waals surface area (Å²) >= 11 is 0. The van der Waals surface area contributed by atoms with Gasteiger partial charge in [-0.1, -0.05) is 18.2 Å². The number of nitrogens with zero attached hydrogens (tertiary/aromatic N) is 1. The molecule has 1 saturated heterocycles. The Morgan fingerprint density at radius 2 is 1.70 bits per heavy atom. The van der Waals surface area contributed by atoms with E-state index in [4.69, 9.17) is 14.7 Å². The first kappa shape index (κ1) is 16.2. The summed E-state index contributed by atoms with van der Waals surface area (Å²) in [4.78, 5) is 0. The zero-order chi connectivity index (χ0) is 16.1. The molecule has 0 unspecified atom stereocenters. The molecule has 1 aromatic rings. The van der Waals surface area contributed by atoms with Crippen LogP contribution in [0.15, 0.2) is 36.9 Å². The molecule has 3 nitrogen and oxygen atoms in total. The lowest BCUT2D eigenvalue weighted by atomic mass is 9.75. The quantitative estimate of drug-likeness (QED) is 0.763. The maximum absolute atomic E-state index is 8.85. The van der Waals surface area contributed by atoms with E-state index in [1.54, 1.807) is 0 Å². The van der Waals surface area contributed by atoms with E-state index >= 15 is 0 Å². The second-order valence-corrected chi connectivity index (χ2v) is 6.80. The molecule has 0 bridgehead atoms. The highest BCUT2D eigenvalue weighted by molar-refractivity contribution is 5.32. The van der Waals surface area contributed by atoms with Gasteiger partial charge in [-0.05, 0) is 56.1 Å². The summed E-state index contributed by atoms with van der Waals surface area (Å²) < 4.78 is 11.9. The number of rotatable bonds is 4. The lowest BCUT2D eigenvalue weighted by Gasteiger charge is -2.37. The van der Waals surface area contributed by atoms with Crippen LogP contribution in [0.3, 0.4) is 0 Å². The van der Waals surface area contributed by atoms with Gasteiger partial charge >= 0.3 is 0 Å². The third kappa shape index (κ3) is 4.02. The van der Waals surface area contributed by atoms with Crippen LogP contribution < -0.4 is 0 Å². The number of hydrogen-bond acceptors (Lipinski definition) is 3. The normalized spacial score (nSPS) is 31.3. The zero-order valence-corrected chi connectivity index (χ0v) is 13.6. The standard InChI is InChI=1S/C20H25NO2/c1-2-3-15-4-8-17(9-5-15)19-13-22-20(23-14-19)18-10-6-16(12-21)7-11-18/h2,6-7,10-11,15,17,19-20H,1,3-5,8-9,13-14H2. The third-order valence-corrected chi connectivity index (χ3v) is 5.29. The first-order valence-corrected chi connectivity index (χ1v) is 8.64. The molecular weight excluding hydrogens is 286 g/mol. The number of allylic oxidation sites excluding steroid dienone is 1. The van der Waals surface area contributed by atoms with Gasteiger partial charge in [-0.3, -0.25) is 0 Å². The lowest BCUT2D eigenvalue weighted by Crippen LogP contribution is -2.34. The van der Waals surface area contributed by atoms with E-state index in [0.29, 0.717) is 11.5 Å². The smallest absolute Gasteiger partial charge is 0.183 e. The summed E-state index contributed by atoms with van der Waals surface area (Å²) in [6, 6.07) is 9.60. The van der Waals surface area contributed by atoms with Gasteiger partial charge in [0.2, 0.25) is 0 Å². The summed E-state index contributed by atoms with van der Waals surface area (Å²) in [6.45, 7) is 5.41. The van der Waals surface area contributed by atoms with Gasteiger partial charge in [0.05, 0.1) is 24.8 Å². The summed E-state index contributed by atoms with van der Waals surface area (Å²) in [5, 5.41) is 8.85. The van der Waals surface area contributed by atoms with Gasteiger partial charge in [0.25, 0.3) is 0 Å². The van der Waals surface area contributed by atoms with Crippen molar-refractivity contribution in [1.29, 1.82) is 5.26 Å². The van der Waals surface area contributed by atoms with E-state index < -0.39 is 0 Å². The zero-order valence-electron chi connectivity index (χ0n) is 13.6. The van der Waals surface area contributed by atoms with Gasteiger partial charge in [-0.25, -0.2) is 0 Å². The molecule has 2 aliphatic rings. The minimum absolute atomic E-state index is 0.281. The van der Waals surface area contributed by atoms with Crippen molar-refractivity contribution in [2.45, 2.75) is 38.4 Å². The molecule has 1 heterocycles. The molecule has 1 aliphatic heterocycles. The Morgan fingerprint density at radius 3 is 2.26 bits per heavy atom. The van der Waals surface area contributed by atoms with Crippen LogP contribution in [0.25, 0.3) is 0 Å². The van der Waals surface area contributed by atoms with E-state index in [0.717, 1.165) is 37.0 Å². The van der Waals surface area contributed by atoms with Gasteiger partial charge in [0.1, 0.15) is 0 Å². The Balaban J connectivity index is 1.48. The fourth-order valence-corrected chi connectivity index (χ4v) is 3.83. The molecule has 1 saturated carbocycles. The van der Waals surface area contributed by atoms with Crippen LogP contribution in [0.2, 0.25) is 0 Å². The molecule has 0 aromatic heterocycles. The fraction of sp³-hybridized carbons (Fsp3) is 0.550. The van der Waals surface area contributed by atoms with Crippen molar-refractivity contribution >= 4 is 0 Å². The van der Waals surface area contributed by atoms with Crippen molar-refractivity contribution in [3.8, 4) is 6.07 Å². The first-order valence-electron chi connectivity index (χ1n) is 8.64. The maximum Gasteiger partial charge on any atom is 0.183 e. The van der Waals surface area contributed by atoms with Crippen molar-refractivity contribution in [3.63, 3.8) is 0 Å². The highest BCUT2D eigenvalue weighted by atomic mass is 16.7. The van der Waals surface area contributed by atoms with Crippen molar-refractivity contribution < 1.29 is 9.47 Å². The molecule has 0 radical (unpaired) electrons. The average molecular weight is 311 g/mol. The van der Waals surface area contributed by atoms with E-state index in [1.165, 1.54) is 25.7 Å². The van der Waals surface area contributed by atoms with Gasteiger partial charge in [0.15, 0.2) is 6.29 Å². The Kier molecular flexibility index (Phi) is 5.48. The Morgan fingerprint density at radius 1 is 1.04 bits per heavy atom. The van der Waals surface area contributed by atoms with Crippen molar-refractivity contribution in [2.75, 3.05) is 13.2 Å². The van der Waals surface area contributed by atoms with Crippen molar-refractivity contribution in [1.82, 2.24) is 0 Å². The van der Waals surface area contributed by atoms with Gasteiger partial charge in [0, 0.05) is 11.5 Å². The summed E-state index contributed by atoms with van der Waals surface area (Å²) in [6.07, 6.45) is 8.13. The molecule has 23 heavy (non-hydrogen) atoms. The second kappa shape index (κ2) is 7.77. The maximum atomic E-state index is 8.85. The van der Waals surface area contributed by atoms with Crippen LogP contribution in [0.1, 0.15) is 49.5 Å². The van der Waals surface area contributed by atoms with Gasteiger partial charge < -0.3 is 9.47 Å². The fourth-order valence-electron chi connectivity index (χ4n) is 3.83. The molecule has 1 aliphatic carbocycles. The predicted octanol–water partition coefficient (Wildman–Crippen LogP) is 4.60. The number of benzene rings is 1. The monoisotopic (exact) mass is 311 g/mol. The largest absolute Gasteiger partial charge is 0.348 e. The second-order valence-electron chi connectivity index (χ2n) is 6.80. The molecule has 0 amide bonds. The minimum atomic E-state index is -0.281. The molecule has 122 valence electrons. The Labute approximate surface area is 138 Å². The van der Waals surface area contributed by atoms with Crippen LogP contribution in [-0.4, -0.2) is 13.2 Å². The molecule has 0 N–H and O–H groups in total. The Hall–Kier alpha value is -1.63. The van der Waals surface area contributed by atoms with Crippen molar-refractivity contribution in [2.24, 2.45) is 17.8 Å². The van der Waals surface area contributed by atoms with Crippen LogP contribution in [0, 0.1) is 29.1 Å². The van der Waals surface area contributed by atoms with Crippen LogP contribution in [0.5, 0.6) is 0 Å².